The molecule has 3 fully saturated rings. The zero-order valence-electron chi connectivity index (χ0n) is 20.0. The average molecular weight is 457 g/mol. The lowest BCUT2D eigenvalue weighted by Gasteiger charge is -2.58. The van der Waals surface area contributed by atoms with E-state index in [1.54, 1.807) is 12.1 Å². The largest absolute Gasteiger partial charge is 0.393 e. The average Bonchev–Trinajstić information content (AvgIpc) is 3.12. The molecule has 0 unspecified atom stereocenters. The number of allylic oxidation sites excluding steroid dienone is 1. The molecule has 0 aliphatic heterocycles. The van der Waals surface area contributed by atoms with Crippen LogP contribution in [0.25, 0.3) is 0 Å². The fourth-order valence-corrected chi connectivity index (χ4v) is 10.5. The molecule has 4 heteroatoms. The van der Waals surface area contributed by atoms with Crippen molar-refractivity contribution < 1.29 is 13.5 Å². The number of aliphatic hydroxyl groups excluding tert-OH is 1. The van der Waals surface area contributed by atoms with Gasteiger partial charge in [-0.25, -0.2) is 8.42 Å². The minimum Gasteiger partial charge on any atom is -0.393 e. The molecule has 0 saturated heterocycles. The first kappa shape index (κ1) is 22.7. The van der Waals surface area contributed by atoms with Crippen LogP contribution in [0.15, 0.2) is 46.9 Å². The monoisotopic (exact) mass is 456 g/mol. The van der Waals surface area contributed by atoms with Crippen molar-refractivity contribution in [1.29, 1.82) is 0 Å². The molecule has 0 spiro atoms. The normalized spacial score (nSPS) is 42.4. The third-order valence-electron chi connectivity index (χ3n) is 10.4. The van der Waals surface area contributed by atoms with E-state index in [4.69, 9.17) is 0 Å². The highest BCUT2D eigenvalue weighted by atomic mass is 32.2. The summed E-state index contributed by atoms with van der Waals surface area (Å²) in [7, 11) is -3.25. The number of sulfone groups is 1. The first-order valence-corrected chi connectivity index (χ1v) is 14.5. The maximum absolute atomic E-state index is 13.1. The summed E-state index contributed by atoms with van der Waals surface area (Å²) >= 11 is 0. The molecular weight excluding hydrogens is 416 g/mol. The third kappa shape index (κ3) is 3.52. The Kier molecular flexibility index (Phi) is 5.65. The zero-order chi connectivity index (χ0) is 22.7. The highest BCUT2D eigenvalue weighted by Crippen LogP contribution is 2.67. The molecule has 0 radical (unpaired) electrons. The molecule has 4 aliphatic rings. The van der Waals surface area contributed by atoms with Gasteiger partial charge in [-0.05, 0) is 104 Å². The molecule has 8 atom stereocenters. The number of benzene rings is 1. The van der Waals surface area contributed by atoms with E-state index in [1.165, 1.54) is 31.3 Å². The number of hydrogen-bond acceptors (Lipinski definition) is 3. The van der Waals surface area contributed by atoms with E-state index < -0.39 is 9.84 Å². The Morgan fingerprint density at radius 3 is 2.53 bits per heavy atom. The van der Waals surface area contributed by atoms with E-state index in [9.17, 15) is 13.5 Å². The zero-order valence-corrected chi connectivity index (χ0v) is 20.8. The summed E-state index contributed by atoms with van der Waals surface area (Å²) < 4.78 is 26.2. The van der Waals surface area contributed by atoms with Gasteiger partial charge in [0.1, 0.15) is 0 Å². The summed E-state index contributed by atoms with van der Waals surface area (Å²) in [6, 6.07) is 8.99. The molecule has 1 N–H and O–H groups in total. The fraction of sp³-hybridized carbons (Fsp3) is 0.714. The molecule has 0 heterocycles. The molecule has 1 aromatic rings. The van der Waals surface area contributed by atoms with Gasteiger partial charge in [0.15, 0.2) is 9.84 Å². The summed E-state index contributed by atoms with van der Waals surface area (Å²) in [6.07, 6.45) is 11.3. The first-order chi connectivity index (χ1) is 15.1. The summed E-state index contributed by atoms with van der Waals surface area (Å²) in [5.41, 5.74) is 2.05. The Labute approximate surface area is 194 Å². The van der Waals surface area contributed by atoms with Crippen LogP contribution in [0.2, 0.25) is 0 Å². The molecular formula is C28H40O3S. The molecule has 0 aromatic heterocycles. The first-order valence-electron chi connectivity index (χ1n) is 12.8. The van der Waals surface area contributed by atoms with Gasteiger partial charge in [-0.1, -0.05) is 50.6 Å². The molecule has 3 saturated carbocycles. The summed E-state index contributed by atoms with van der Waals surface area (Å²) in [6.45, 7) is 7.16. The maximum atomic E-state index is 13.1. The van der Waals surface area contributed by atoms with Gasteiger partial charge < -0.3 is 5.11 Å². The number of rotatable bonds is 4. The van der Waals surface area contributed by atoms with Crippen LogP contribution >= 0.6 is 0 Å². The predicted molar refractivity (Wildman–Crippen MR) is 129 cm³/mol. The topological polar surface area (TPSA) is 54.4 Å². The lowest BCUT2D eigenvalue weighted by atomic mass is 9.47. The molecule has 5 rings (SSSR count). The lowest BCUT2D eigenvalue weighted by Crippen LogP contribution is -2.51. The number of hydrogen-bond donors (Lipinski definition) is 1. The van der Waals surface area contributed by atoms with E-state index in [1.807, 2.05) is 18.2 Å². The second kappa shape index (κ2) is 7.98. The SMILES string of the molecule is C[C@H](CS(=O)(=O)c1ccccc1)[C@H]1CC[C@H]2[C@@H]3CC=C4C[C@@H](O)CC[C@]4(C)[C@H]3CC[C@]12C. The Balaban J connectivity index is 1.36. The second-order valence-electron chi connectivity index (χ2n) is 12.0. The molecule has 4 aliphatic carbocycles. The Hall–Kier alpha value is -1.13. The van der Waals surface area contributed by atoms with Gasteiger partial charge in [-0.3, -0.25) is 0 Å². The molecule has 0 amide bonds. The third-order valence-corrected chi connectivity index (χ3v) is 12.4. The van der Waals surface area contributed by atoms with Crippen LogP contribution in [0, 0.1) is 40.4 Å². The van der Waals surface area contributed by atoms with Crippen molar-refractivity contribution in [1.82, 2.24) is 0 Å². The molecule has 176 valence electrons. The fourth-order valence-electron chi connectivity index (χ4n) is 8.80. The van der Waals surface area contributed by atoms with Gasteiger partial charge >= 0.3 is 0 Å². The van der Waals surface area contributed by atoms with E-state index in [-0.39, 0.29) is 28.6 Å². The molecule has 1 aromatic carbocycles. The Bertz CT molecular complexity index is 983. The van der Waals surface area contributed by atoms with E-state index in [0.29, 0.717) is 16.7 Å². The van der Waals surface area contributed by atoms with Crippen LogP contribution in [-0.4, -0.2) is 25.4 Å². The lowest BCUT2D eigenvalue weighted by molar-refractivity contribution is -0.0554. The second-order valence-corrected chi connectivity index (χ2v) is 14.0. The van der Waals surface area contributed by atoms with Crippen LogP contribution in [0.3, 0.4) is 0 Å². The van der Waals surface area contributed by atoms with Crippen LogP contribution in [-0.2, 0) is 9.84 Å². The minimum absolute atomic E-state index is 0.150. The van der Waals surface area contributed by atoms with Crippen molar-refractivity contribution >= 4 is 9.84 Å². The van der Waals surface area contributed by atoms with Gasteiger partial charge in [-0.15, -0.1) is 0 Å². The van der Waals surface area contributed by atoms with Gasteiger partial charge in [0.25, 0.3) is 0 Å². The van der Waals surface area contributed by atoms with E-state index in [2.05, 4.69) is 26.8 Å². The van der Waals surface area contributed by atoms with Gasteiger partial charge in [-0.2, -0.15) is 0 Å². The standard InChI is InChI=1S/C28H40O3S/c1-19(18-32(30,31)22-7-5-4-6-8-22)24-11-12-25-23-10-9-20-17-21(29)13-15-27(20,2)26(23)14-16-28(24,25)3/h4-9,19,21,23-26,29H,10-18H2,1-3H3/t19-,21+,23+,24-,25+,26+,27+,28-/m1/s1. The molecule has 0 bridgehead atoms. The maximum Gasteiger partial charge on any atom is 0.178 e. The Morgan fingerprint density at radius 1 is 1.03 bits per heavy atom. The highest BCUT2D eigenvalue weighted by molar-refractivity contribution is 7.91. The van der Waals surface area contributed by atoms with Gasteiger partial charge in [0, 0.05) is 0 Å². The van der Waals surface area contributed by atoms with Crippen LogP contribution in [0.5, 0.6) is 0 Å². The number of aliphatic hydroxyl groups is 1. The van der Waals surface area contributed by atoms with E-state index >= 15 is 0 Å². The number of fused-ring (bicyclic) bond motifs is 5. The highest BCUT2D eigenvalue weighted by Gasteiger charge is 2.59. The van der Waals surface area contributed by atoms with Crippen molar-refractivity contribution in [3.63, 3.8) is 0 Å². The molecule has 32 heavy (non-hydrogen) atoms. The minimum atomic E-state index is -3.25. The van der Waals surface area contributed by atoms with Gasteiger partial charge in [0.2, 0.25) is 0 Å². The molecule has 3 nitrogen and oxygen atoms in total. The predicted octanol–water partition coefficient (Wildman–Crippen LogP) is 6.04. The summed E-state index contributed by atoms with van der Waals surface area (Å²) in [5.74, 6) is 3.09. The van der Waals surface area contributed by atoms with Crippen molar-refractivity contribution in [3.8, 4) is 0 Å². The van der Waals surface area contributed by atoms with Gasteiger partial charge in [0.05, 0.1) is 16.8 Å². The van der Waals surface area contributed by atoms with Crippen molar-refractivity contribution in [2.24, 2.45) is 40.4 Å². The van der Waals surface area contributed by atoms with Crippen molar-refractivity contribution in [2.45, 2.75) is 83.1 Å². The quantitative estimate of drug-likeness (QED) is 0.562. The van der Waals surface area contributed by atoms with Crippen LogP contribution in [0.1, 0.15) is 72.1 Å². The van der Waals surface area contributed by atoms with Crippen LogP contribution < -0.4 is 0 Å². The van der Waals surface area contributed by atoms with Crippen LogP contribution in [0.4, 0.5) is 0 Å². The Morgan fingerprint density at radius 2 is 1.78 bits per heavy atom. The van der Waals surface area contributed by atoms with Crippen molar-refractivity contribution in [2.75, 3.05) is 5.75 Å². The summed E-state index contributed by atoms with van der Waals surface area (Å²) in [4.78, 5) is 0.465. The van der Waals surface area contributed by atoms with E-state index in [0.717, 1.165) is 37.5 Å². The van der Waals surface area contributed by atoms with Crippen molar-refractivity contribution in [3.05, 3.63) is 42.0 Å². The smallest absolute Gasteiger partial charge is 0.178 e. The summed E-state index contributed by atoms with van der Waals surface area (Å²) in [5, 5.41) is 10.2.